The number of aromatic nitrogens is 4. The summed E-state index contributed by atoms with van der Waals surface area (Å²) in [5.74, 6) is 0.122. The summed E-state index contributed by atoms with van der Waals surface area (Å²) in [7, 11) is 0. The smallest absolute Gasteiger partial charge is 0.278 e. The molecule has 152 valence electrons. The number of anilines is 2. The van der Waals surface area contributed by atoms with Crippen molar-refractivity contribution in [2.75, 3.05) is 17.2 Å². The van der Waals surface area contributed by atoms with Crippen molar-refractivity contribution in [2.45, 2.75) is 13.5 Å². The molecular formula is C21H19FN6O2. The van der Waals surface area contributed by atoms with Gasteiger partial charge in [0.15, 0.2) is 17.8 Å². The molecule has 0 saturated heterocycles. The molecule has 1 amide bonds. The largest absolute Gasteiger partial charge is 0.443 e. The monoisotopic (exact) mass is 406 g/mol. The molecule has 8 nitrogen and oxygen atoms in total. The minimum atomic E-state index is -0.387. The van der Waals surface area contributed by atoms with E-state index in [1.165, 1.54) is 24.7 Å². The molecule has 0 unspecified atom stereocenters. The van der Waals surface area contributed by atoms with Gasteiger partial charge in [0.25, 0.3) is 5.91 Å². The zero-order valence-electron chi connectivity index (χ0n) is 16.2. The van der Waals surface area contributed by atoms with Crippen molar-refractivity contribution in [3.05, 3.63) is 78.5 Å². The lowest BCUT2D eigenvalue weighted by atomic mass is 10.1. The van der Waals surface area contributed by atoms with Crippen LogP contribution in [0.2, 0.25) is 0 Å². The van der Waals surface area contributed by atoms with E-state index in [0.717, 1.165) is 11.1 Å². The van der Waals surface area contributed by atoms with Crippen LogP contribution >= 0.6 is 0 Å². The average Bonchev–Trinajstić information content (AvgIpc) is 3.38. The van der Waals surface area contributed by atoms with Gasteiger partial charge in [-0.1, -0.05) is 23.8 Å². The van der Waals surface area contributed by atoms with Crippen LogP contribution in [-0.4, -0.2) is 32.2 Å². The second-order valence-electron chi connectivity index (χ2n) is 6.63. The third-order valence-corrected chi connectivity index (χ3v) is 4.32. The number of pyridine rings is 1. The molecule has 0 aliphatic heterocycles. The minimum Gasteiger partial charge on any atom is -0.443 e. The molecule has 0 spiro atoms. The molecule has 0 radical (unpaired) electrons. The molecule has 0 saturated carbocycles. The van der Waals surface area contributed by atoms with Crippen molar-refractivity contribution in [3.8, 4) is 11.3 Å². The number of hydrogen-bond donors (Lipinski definition) is 2. The van der Waals surface area contributed by atoms with Crippen LogP contribution in [0.4, 0.5) is 15.9 Å². The quantitative estimate of drug-likeness (QED) is 0.485. The molecule has 1 aromatic carbocycles. The molecule has 2 N–H and O–H groups in total. The number of nitrogens with zero attached hydrogens (tertiary/aromatic N) is 4. The molecule has 30 heavy (non-hydrogen) atoms. The summed E-state index contributed by atoms with van der Waals surface area (Å²) in [5, 5.41) is 10.0. The van der Waals surface area contributed by atoms with Crippen LogP contribution in [-0.2, 0) is 6.54 Å². The maximum absolute atomic E-state index is 13.2. The minimum absolute atomic E-state index is 0.201. The molecule has 4 aromatic rings. The van der Waals surface area contributed by atoms with Crippen LogP contribution in [0.5, 0.6) is 0 Å². The first-order valence-corrected chi connectivity index (χ1v) is 9.28. The highest BCUT2D eigenvalue weighted by atomic mass is 19.1. The Morgan fingerprint density at radius 1 is 1.23 bits per heavy atom. The fourth-order valence-electron chi connectivity index (χ4n) is 2.94. The second-order valence-corrected chi connectivity index (χ2v) is 6.63. The molecule has 9 heteroatoms. The first-order chi connectivity index (χ1) is 14.6. The van der Waals surface area contributed by atoms with Gasteiger partial charge in [0.2, 0.25) is 0 Å². The van der Waals surface area contributed by atoms with Crippen molar-refractivity contribution < 1.29 is 13.6 Å². The second kappa shape index (κ2) is 8.56. The van der Waals surface area contributed by atoms with Crippen LogP contribution in [0.1, 0.15) is 16.1 Å². The van der Waals surface area contributed by atoms with E-state index in [1.807, 2.05) is 31.2 Å². The number of nitrogens with one attached hydrogen (secondary N) is 2. The lowest BCUT2D eigenvalue weighted by Gasteiger charge is -2.05. The Kier molecular flexibility index (Phi) is 5.51. The van der Waals surface area contributed by atoms with Crippen molar-refractivity contribution in [2.24, 2.45) is 0 Å². The zero-order chi connectivity index (χ0) is 20.9. The fourth-order valence-corrected chi connectivity index (χ4v) is 2.94. The summed E-state index contributed by atoms with van der Waals surface area (Å²) in [5.41, 5.74) is 2.57. The Bertz CT molecular complexity index is 1170. The van der Waals surface area contributed by atoms with E-state index in [9.17, 15) is 9.18 Å². The highest BCUT2D eigenvalue weighted by Crippen LogP contribution is 2.24. The highest BCUT2D eigenvalue weighted by molar-refractivity contribution is 6.06. The number of aryl methyl sites for hydroxylation is 1. The van der Waals surface area contributed by atoms with E-state index in [-0.39, 0.29) is 17.4 Å². The molecule has 0 fully saturated rings. The lowest BCUT2D eigenvalue weighted by molar-refractivity contribution is 0.102. The van der Waals surface area contributed by atoms with Crippen LogP contribution in [0.15, 0.2) is 65.8 Å². The van der Waals surface area contributed by atoms with Gasteiger partial charge >= 0.3 is 0 Å². The predicted octanol–water partition coefficient (Wildman–Crippen LogP) is 3.75. The first-order valence-electron chi connectivity index (χ1n) is 9.28. The van der Waals surface area contributed by atoms with E-state index in [0.29, 0.717) is 30.4 Å². The Labute approximate surface area is 171 Å². The van der Waals surface area contributed by atoms with Gasteiger partial charge < -0.3 is 15.1 Å². The summed E-state index contributed by atoms with van der Waals surface area (Å²) in [6, 6.07) is 10.3. The number of amides is 1. The first kappa shape index (κ1) is 19.3. The Morgan fingerprint density at radius 2 is 2.13 bits per heavy atom. The molecule has 0 bridgehead atoms. The summed E-state index contributed by atoms with van der Waals surface area (Å²) in [4.78, 5) is 20.8. The van der Waals surface area contributed by atoms with Crippen molar-refractivity contribution in [1.82, 2.24) is 19.7 Å². The van der Waals surface area contributed by atoms with Gasteiger partial charge in [-0.25, -0.2) is 14.4 Å². The van der Waals surface area contributed by atoms with Crippen molar-refractivity contribution in [3.63, 3.8) is 0 Å². The maximum atomic E-state index is 13.2. The fraction of sp³-hybridized carbons (Fsp3) is 0.143. The van der Waals surface area contributed by atoms with Crippen molar-refractivity contribution in [1.29, 1.82) is 0 Å². The van der Waals surface area contributed by atoms with E-state index >= 15 is 0 Å². The lowest BCUT2D eigenvalue weighted by Crippen LogP contribution is -2.13. The average molecular weight is 406 g/mol. The van der Waals surface area contributed by atoms with E-state index < -0.39 is 0 Å². The topological polar surface area (TPSA) is 97.9 Å². The van der Waals surface area contributed by atoms with Gasteiger partial charge in [0.05, 0.1) is 18.4 Å². The standard InChI is InChI=1S/C21H19FN6O2/c1-14-3-2-4-15(9-14)20-19(25-13-30-20)21(29)27-17-11-26-28(12-17)8-7-24-18-10-16(22)5-6-23-18/h2-6,9-13H,7-8H2,1H3,(H,23,24)(H,27,29). The zero-order valence-corrected chi connectivity index (χ0v) is 16.2. The number of halogens is 1. The van der Waals surface area contributed by atoms with E-state index in [2.05, 4.69) is 25.7 Å². The van der Waals surface area contributed by atoms with Gasteiger partial charge in [-0.3, -0.25) is 9.48 Å². The third-order valence-electron chi connectivity index (χ3n) is 4.32. The van der Waals surface area contributed by atoms with Crippen LogP contribution in [0, 0.1) is 12.7 Å². The molecule has 0 atom stereocenters. The third kappa shape index (κ3) is 4.52. The molecule has 0 aliphatic carbocycles. The Hall–Kier alpha value is -4.01. The Balaban J connectivity index is 1.37. The SMILES string of the molecule is Cc1cccc(-c2ocnc2C(=O)Nc2cnn(CCNc3cc(F)ccn3)c2)c1. The number of hydrogen-bond acceptors (Lipinski definition) is 6. The van der Waals surface area contributed by atoms with Gasteiger partial charge in [-0.2, -0.15) is 5.10 Å². The van der Waals surface area contributed by atoms with Crippen LogP contribution in [0.3, 0.4) is 0 Å². The summed E-state index contributed by atoms with van der Waals surface area (Å²) in [6.07, 6.45) is 5.89. The summed E-state index contributed by atoms with van der Waals surface area (Å²) in [6.45, 7) is 2.96. The number of oxazole rings is 1. The molecule has 0 aliphatic rings. The van der Waals surface area contributed by atoms with Gasteiger partial charge in [0, 0.05) is 30.6 Å². The predicted molar refractivity (Wildman–Crippen MR) is 110 cm³/mol. The van der Waals surface area contributed by atoms with Crippen molar-refractivity contribution >= 4 is 17.4 Å². The molecule has 4 rings (SSSR count). The molecule has 3 aromatic heterocycles. The van der Waals surface area contributed by atoms with Crippen LogP contribution in [0.25, 0.3) is 11.3 Å². The Morgan fingerprint density at radius 3 is 2.97 bits per heavy atom. The van der Waals surface area contributed by atoms with Gasteiger partial charge in [0.1, 0.15) is 11.6 Å². The highest BCUT2D eigenvalue weighted by Gasteiger charge is 2.19. The normalized spacial score (nSPS) is 10.7. The summed E-state index contributed by atoms with van der Waals surface area (Å²) < 4.78 is 20.3. The summed E-state index contributed by atoms with van der Waals surface area (Å²) >= 11 is 0. The molecular weight excluding hydrogens is 387 g/mol. The van der Waals surface area contributed by atoms with E-state index in [1.54, 1.807) is 17.1 Å². The number of rotatable bonds is 7. The van der Waals surface area contributed by atoms with E-state index in [4.69, 9.17) is 4.42 Å². The number of carbonyl (C=O) groups is 1. The van der Waals surface area contributed by atoms with Gasteiger partial charge in [-0.05, 0) is 19.1 Å². The van der Waals surface area contributed by atoms with Gasteiger partial charge in [-0.15, -0.1) is 0 Å². The maximum Gasteiger partial charge on any atom is 0.278 e. The van der Waals surface area contributed by atoms with Crippen LogP contribution < -0.4 is 10.6 Å². The number of benzene rings is 1. The number of carbonyl (C=O) groups excluding carboxylic acids is 1. The molecule has 3 heterocycles.